The number of hydrogen-bond acceptors (Lipinski definition) is 8. The Labute approximate surface area is 223 Å². The van der Waals surface area contributed by atoms with Crippen LogP contribution in [0.4, 0.5) is 5.69 Å². The van der Waals surface area contributed by atoms with Gasteiger partial charge < -0.3 is 13.7 Å². The Morgan fingerprint density at radius 3 is 2.45 bits per heavy atom. The molecule has 0 unspecified atom stereocenters. The summed E-state index contributed by atoms with van der Waals surface area (Å²) in [5.74, 6) is 1.91. The van der Waals surface area contributed by atoms with Gasteiger partial charge in [-0.25, -0.2) is 8.42 Å². The van der Waals surface area contributed by atoms with Crippen molar-refractivity contribution in [1.82, 2.24) is 14.8 Å². The number of thiophene rings is 1. The molecule has 0 aliphatic heterocycles. The van der Waals surface area contributed by atoms with Crippen LogP contribution in [-0.4, -0.2) is 28.9 Å². The highest BCUT2D eigenvalue weighted by Gasteiger charge is 2.21. The van der Waals surface area contributed by atoms with Crippen LogP contribution in [0.25, 0.3) is 32.0 Å². The summed E-state index contributed by atoms with van der Waals surface area (Å²) in [6.07, 6.45) is 1.73. The van der Waals surface area contributed by atoms with Crippen LogP contribution >= 0.6 is 11.3 Å². The molecule has 0 saturated heterocycles. The van der Waals surface area contributed by atoms with E-state index in [4.69, 9.17) is 9.15 Å². The minimum Gasteiger partial charge on any atom is -0.456 e. The second-order valence-electron chi connectivity index (χ2n) is 8.98. The number of sulfonamides is 1. The van der Waals surface area contributed by atoms with Gasteiger partial charge in [-0.3, -0.25) is 9.52 Å². The van der Waals surface area contributed by atoms with Crippen LogP contribution in [0, 0.1) is 20.8 Å². The van der Waals surface area contributed by atoms with E-state index >= 15 is 0 Å². The Hall–Kier alpha value is -3.96. The van der Waals surface area contributed by atoms with Crippen molar-refractivity contribution in [3.05, 3.63) is 76.0 Å². The molecule has 196 valence electrons. The summed E-state index contributed by atoms with van der Waals surface area (Å²) < 4.78 is 41.4. The zero-order chi connectivity index (χ0) is 27.2. The van der Waals surface area contributed by atoms with Gasteiger partial charge in [-0.1, -0.05) is 18.2 Å². The van der Waals surface area contributed by atoms with E-state index in [2.05, 4.69) is 14.9 Å². The van der Waals surface area contributed by atoms with Gasteiger partial charge in [0.2, 0.25) is 15.9 Å². The number of anilines is 1. The Balaban J connectivity index is 1.76. The fourth-order valence-electron chi connectivity index (χ4n) is 4.16. The Bertz CT molecular complexity index is 1830. The van der Waals surface area contributed by atoms with E-state index in [1.54, 1.807) is 45.3 Å². The van der Waals surface area contributed by atoms with E-state index in [9.17, 15) is 13.2 Å². The number of para-hydroxylation sites is 1. The van der Waals surface area contributed by atoms with Crippen molar-refractivity contribution in [1.29, 1.82) is 0 Å². The summed E-state index contributed by atoms with van der Waals surface area (Å²) in [7, 11) is -1.84. The first-order chi connectivity index (χ1) is 18.1. The SMILES string of the molecule is CCS(=O)(=O)Nc1ccc(Oc2c(C)cccc2C)c(-c2cn(C)c(=O)c3sc(-c4nnc(C)o4)cc23)c1. The van der Waals surface area contributed by atoms with E-state index in [0.717, 1.165) is 11.1 Å². The Morgan fingerprint density at radius 2 is 1.79 bits per heavy atom. The summed E-state index contributed by atoms with van der Waals surface area (Å²) in [5, 5.41) is 8.68. The minimum absolute atomic E-state index is 0.0649. The molecule has 0 spiro atoms. The van der Waals surface area contributed by atoms with Crippen molar-refractivity contribution in [3.8, 4) is 33.4 Å². The number of pyridine rings is 1. The van der Waals surface area contributed by atoms with Crippen LogP contribution in [-0.2, 0) is 17.1 Å². The first-order valence-corrected chi connectivity index (χ1v) is 14.4. The standard InChI is InChI=1S/C27H26N4O5S2/c1-6-38(33,34)30-18-10-11-22(36-24-15(2)8-7-9-16(24)3)19(12-18)21-14-31(5)27(32)25-20(21)13-23(37-25)26-29-28-17(4)35-26/h7-14,30H,6H2,1-5H3. The van der Waals surface area contributed by atoms with Gasteiger partial charge in [-0.05, 0) is 56.2 Å². The van der Waals surface area contributed by atoms with Crippen molar-refractivity contribution in [2.75, 3.05) is 10.5 Å². The van der Waals surface area contributed by atoms with Gasteiger partial charge in [-0.2, -0.15) is 0 Å². The lowest BCUT2D eigenvalue weighted by atomic mass is 10.0. The Kier molecular flexibility index (Phi) is 6.58. The normalized spacial score (nSPS) is 11.7. The van der Waals surface area contributed by atoms with Crippen LogP contribution < -0.4 is 15.0 Å². The third-order valence-corrected chi connectivity index (χ3v) is 8.56. The molecule has 5 rings (SSSR count). The number of fused-ring (bicyclic) bond motifs is 1. The summed E-state index contributed by atoms with van der Waals surface area (Å²) in [5.41, 5.74) is 3.45. The number of aromatic nitrogens is 3. The molecular weight excluding hydrogens is 524 g/mol. The molecule has 0 bridgehead atoms. The van der Waals surface area contributed by atoms with Crippen molar-refractivity contribution < 1.29 is 17.6 Å². The fraction of sp³-hybridized carbons (Fsp3) is 0.222. The van der Waals surface area contributed by atoms with Crippen LogP contribution in [0.3, 0.4) is 0 Å². The maximum absolute atomic E-state index is 13.1. The van der Waals surface area contributed by atoms with E-state index < -0.39 is 10.0 Å². The minimum atomic E-state index is -3.52. The number of hydrogen-bond donors (Lipinski definition) is 1. The molecule has 38 heavy (non-hydrogen) atoms. The predicted molar refractivity (Wildman–Crippen MR) is 150 cm³/mol. The molecular formula is C27H26N4O5S2. The first kappa shape index (κ1) is 25.7. The molecule has 0 amide bonds. The molecule has 5 aromatic rings. The predicted octanol–water partition coefficient (Wildman–Crippen LogP) is 5.80. The van der Waals surface area contributed by atoms with Gasteiger partial charge in [0, 0.05) is 42.4 Å². The average molecular weight is 551 g/mol. The number of nitrogens with one attached hydrogen (secondary N) is 1. The molecule has 9 nitrogen and oxygen atoms in total. The molecule has 0 saturated carbocycles. The molecule has 3 aromatic heterocycles. The maximum atomic E-state index is 13.1. The molecule has 0 aliphatic carbocycles. The average Bonchev–Trinajstić information content (AvgIpc) is 3.51. The summed E-state index contributed by atoms with van der Waals surface area (Å²) in [6, 6.07) is 12.9. The summed E-state index contributed by atoms with van der Waals surface area (Å²) in [6.45, 7) is 7.21. The summed E-state index contributed by atoms with van der Waals surface area (Å²) in [4.78, 5) is 13.8. The van der Waals surface area contributed by atoms with Crippen molar-refractivity contribution >= 4 is 37.1 Å². The highest BCUT2D eigenvalue weighted by atomic mass is 32.2. The molecule has 1 N–H and O–H groups in total. The molecule has 11 heteroatoms. The molecule has 3 heterocycles. The number of aryl methyl sites for hydroxylation is 4. The third-order valence-electron chi connectivity index (χ3n) is 6.14. The van der Waals surface area contributed by atoms with E-state index in [-0.39, 0.29) is 11.3 Å². The lowest BCUT2D eigenvalue weighted by Crippen LogP contribution is -2.16. The van der Waals surface area contributed by atoms with Crippen molar-refractivity contribution in [2.24, 2.45) is 7.05 Å². The van der Waals surface area contributed by atoms with Crippen molar-refractivity contribution in [2.45, 2.75) is 27.7 Å². The maximum Gasteiger partial charge on any atom is 0.268 e. The second kappa shape index (κ2) is 9.73. The van der Waals surface area contributed by atoms with E-state index in [0.29, 0.717) is 55.1 Å². The number of ether oxygens (including phenoxy) is 1. The van der Waals surface area contributed by atoms with Crippen LogP contribution in [0.5, 0.6) is 11.5 Å². The number of rotatable bonds is 7. The molecule has 2 aromatic carbocycles. The van der Waals surface area contributed by atoms with Crippen LogP contribution in [0.2, 0.25) is 0 Å². The van der Waals surface area contributed by atoms with Gasteiger partial charge >= 0.3 is 0 Å². The summed E-state index contributed by atoms with van der Waals surface area (Å²) >= 11 is 1.26. The van der Waals surface area contributed by atoms with Crippen LogP contribution in [0.15, 0.2) is 57.9 Å². The lowest BCUT2D eigenvalue weighted by Gasteiger charge is -2.17. The largest absolute Gasteiger partial charge is 0.456 e. The van der Waals surface area contributed by atoms with Gasteiger partial charge in [0.05, 0.1) is 10.6 Å². The monoisotopic (exact) mass is 550 g/mol. The highest BCUT2D eigenvalue weighted by Crippen LogP contribution is 2.42. The van der Waals surface area contributed by atoms with E-state index in [1.807, 2.05) is 38.1 Å². The highest BCUT2D eigenvalue weighted by molar-refractivity contribution is 7.92. The number of nitrogens with zero attached hydrogens (tertiary/aromatic N) is 3. The van der Waals surface area contributed by atoms with Crippen molar-refractivity contribution in [3.63, 3.8) is 0 Å². The molecule has 0 aliphatic rings. The fourth-order valence-corrected chi connectivity index (χ4v) is 5.87. The molecule has 0 radical (unpaired) electrons. The van der Waals surface area contributed by atoms with Gasteiger partial charge in [0.25, 0.3) is 11.4 Å². The van der Waals surface area contributed by atoms with Gasteiger partial charge in [0.15, 0.2) is 0 Å². The lowest BCUT2D eigenvalue weighted by molar-refractivity contribution is 0.477. The van der Waals surface area contributed by atoms with Gasteiger partial charge in [-0.15, -0.1) is 21.5 Å². The number of benzene rings is 2. The zero-order valence-corrected chi connectivity index (χ0v) is 23.2. The third kappa shape index (κ3) is 4.82. The zero-order valence-electron chi connectivity index (χ0n) is 21.5. The van der Waals surface area contributed by atoms with Crippen LogP contribution in [0.1, 0.15) is 23.9 Å². The smallest absolute Gasteiger partial charge is 0.268 e. The first-order valence-electron chi connectivity index (χ1n) is 11.9. The van der Waals surface area contributed by atoms with E-state index in [1.165, 1.54) is 15.9 Å². The molecule has 0 fully saturated rings. The Morgan fingerprint density at radius 1 is 1.05 bits per heavy atom. The quantitative estimate of drug-likeness (QED) is 0.272. The van der Waals surface area contributed by atoms with Gasteiger partial charge in [0.1, 0.15) is 16.2 Å². The molecule has 0 atom stereocenters. The second-order valence-corrected chi connectivity index (χ2v) is 12.0. The topological polar surface area (TPSA) is 116 Å².